The normalized spacial score (nSPS) is 18.5. The predicted octanol–water partition coefficient (Wildman–Crippen LogP) is 1.26. The maximum Gasteiger partial charge on any atom is 0.256 e. The number of nitrogens with one attached hydrogen (secondary N) is 1. The second-order valence-electron chi connectivity index (χ2n) is 6.70. The molecule has 0 radical (unpaired) electrons. The summed E-state index contributed by atoms with van der Waals surface area (Å²) in [6, 6.07) is 5.31. The minimum Gasteiger partial charge on any atom is -0.338 e. The van der Waals surface area contributed by atoms with E-state index in [0.29, 0.717) is 17.0 Å². The molecule has 0 bridgehead atoms. The molecular formula is C19H18FN5O3S. The summed E-state index contributed by atoms with van der Waals surface area (Å²) in [6.07, 6.45) is 7.90. The zero-order valence-electron chi connectivity index (χ0n) is 15.5. The van der Waals surface area contributed by atoms with Crippen LogP contribution in [0.3, 0.4) is 0 Å². The summed E-state index contributed by atoms with van der Waals surface area (Å²) < 4.78 is 42.5. The third kappa shape index (κ3) is 3.97. The molecule has 2 aliphatic heterocycles. The SMILES string of the molecule is Cn1ccnc1[C@@H](NC(=O)C1=CN2CCS(=O)(=O)N=C2C=C1)c1cccc(F)c1. The van der Waals surface area contributed by atoms with Crippen molar-refractivity contribution in [2.75, 3.05) is 12.3 Å². The molecule has 0 unspecified atom stereocenters. The van der Waals surface area contributed by atoms with Crippen LogP contribution in [0, 0.1) is 5.82 Å². The molecule has 1 amide bonds. The molecule has 150 valence electrons. The smallest absolute Gasteiger partial charge is 0.256 e. The van der Waals surface area contributed by atoms with E-state index in [-0.39, 0.29) is 18.1 Å². The Morgan fingerprint density at radius 1 is 1.31 bits per heavy atom. The molecule has 10 heteroatoms. The largest absolute Gasteiger partial charge is 0.338 e. The number of halogens is 1. The van der Waals surface area contributed by atoms with E-state index in [1.165, 1.54) is 24.3 Å². The molecule has 0 aliphatic carbocycles. The third-order valence-corrected chi connectivity index (χ3v) is 5.82. The maximum atomic E-state index is 13.8. The van der Waals surface area contributed by atoms with E-state index < -0.39 is 27.8 Å². The Kier molecular flexibility index (Phi) is 4.79. The van der Waals surface area contributed by atoms with Gasteiger partial charge in [-0.25, -0.2) is 17.8 Å². The number of amides is 1. The summed E-state index contributed by atoms with van der Waals surface area (Å²) in [4.78, 5) is 18.8. The highest BCUT2D eigenvalue weighted by molar-refractivity contribution is 7.90. The lowest BCUT2D eigenvalue weighted by molar-refractivity contribution is -0.117. The van der Waals surface area contributed by atoms with Crippen LogP contribution in [0.2, 0.25) is 0 Å². The number of aromatic nitrogens is 2. The maximum absolute atomic E-state index is 13.8. The lowest BCUT2D eigenvalue weighted by Gasteiger charge is -2.27. The zero-order chi connectivity index (χ0) is 20.6. The summed E-state index contributed by atoms with van der Waals surface area (Å²) in [6.45, 7) is 0.217. The molecule has 1 atom stereocenters. The van der Waals surface area contributed by atoms with Crippen LogP contribution in [-0.4, -0.2) is 46.9 Å². The van der Waals surface area contributed by atoms with Crippen LogP contribution < -0.4 is 5.32 Å². The van der Waals surface area contributed by atoms with Crippen molar-refractivity contribution in [2.45, 2.75) is 6.04 Å². The highest BCUT2D eigenvalue weighted by Crippen LogP contribution is 2.23. The predicted molar refractivity (Wildman–Crippen MR) is 105 cm³/mol. The fourth-order valence-corrected chi connectivity index (χ4v) is 4.16. The van der Waals surface area contributed by atoms with E-state index in [4.69, 9.17) is 0 Å². The molecule has 1 aromatic heterocycles. The molecule has 1 aromatic carbocycles. The van der Waals surface area contributed by atoms with Crippen molar-refractivity contribution < 1.29 is 17.6 Å². The number of nitrogens with zero attached hydrogens (tertiary/aromatic N) is 4. The van der Waals surface area contributed by atoms with Gasteiger partial charge < -0.3 is 14.8 Å². The quantitative estimate of drug-likeness (QED) is 0.811. The number of sulfonamides is 1. The Morgan fingerprint density at radius 2 is 2.14 bits per heavy atom. The van der Waals surface area contributed by atoms with Gasteiger partial charge in [-0.15, -0.1) is 4.40 Å². The van der Waals surface area contributed by atoms with Gasteiger partial charge in [0.2, 0.25) is 0 Å². The van der Waals surface area contributed by atoms with Crippen LogP contribution in [0.15, 0.2) is 65.0 Å². The van der Waals surface area contributed by atoms with E-state index in [1.54, 1.807) is 47.2 Å². The summed E-state index contributed by atoms with van der Waals surface area (Å²) in [5.74, 6) is -0.0992. The Hall–Kier alpha value is -3.27. The van der Waals surface area contributed by atoms with E-state index in [9.17, 15) is 17.6 Å². The van der Waals surface area contributed by atoms with Gasteiger partial charge in [-0.2, -0.15) is 0 Å². The van der Waals surface area contributed by atoms with Crippen LogP contribution >= 0.6 is 0 Å². The summed E-state index contributed by atoms with van der Waals surface area (Å²) in [7, 11) is -1.68. The van der Waals surface area contributed by atoms with Crippen LogP contribution in [0.4, 0.5) is 4.39 Å². The number of benzene rings is 1. The number of hydrogen-bond acceptors (Lipinski definition) is 5. The van der Waals surface area contributed by atoms with Crippen molar-refractivity contribution in [3.05, 3.63) is 77.8 Å². The van der Waals surface area contributed by atoms with Gasteiger partial charge in [0.15, 0.2) is 0 Å². The Balaban J connectivity index is 1.62. The van der Waals surface area contributed by atoms with Crippen LogP contribution in [0.25, 0.3) is 0 Å². The van der Waals surface area contributed by atoms with Crippen molar-refractivity contribution in [2.24, 2.45) is 11.4 Å². The number of carbonyl (C=O) groups is 1. The van der Waals surface area contributed by atoms with Crippen molar-refractivity contribution in [3.8, 4) is 0 Å². The molecule has 4 rings (SSSR count). The molecule has 0 fully saturated rings. The second kappa shape index (κ2) is 7.28. The molecule has 3 heterocycles. The van der Waals surface area contributed by atoms with Gasteiger partial charge in [-0.1, -0.05) is 12.1 Å². The van der Waals surface area contributed by atoms with Crippen molar-refractivity contribution in [1.29, 1.82) is 0 Å². The van der Waals surface area contributed by atoms with Gasteiger partial charge in [-0.05, 0) is 29.8 Å². The number of carbonyl (C=O) groups excluding carboxylic acids is 1. The van der Waals surface area contributed by atoms with E-state index in [0.717, 1.165) is 0 Å². The lowest BCUT2D eigenvalue weighted by Crippen LogP contribution is -2.38. The number of aryl methyl sites for hydroxylation is 1. The fourth-order valence-electron chi connectivity index (χ4n) is 3.19. The number of amidine groups is 1. The molecule has 2 aliphatic rings. The standard InChI is InChI=1S/C19H18FN5O3S/c1-24-8-7-21-18(24)17(13-3-2-4-15(20)11-13)22-19(26)14-5-6-16-23-29(27,28)10-9-25(16)12-14/h2-8,11-12,17H,9-10H2,1H3,(H,22,26)/t17-/m0/s1. The zero-order valence-corrected chi connectivity index (χ0v) is 16.3. The molecule has 0 spiro atoms. The van der Waals surface area contributed by atoms with Gasteiger partial charge in [-0.3, -0.25) is 4.79 Å². The van der Waals surface area contributed by atoms with E-state index in [1.807, 2.05) is 0 Å². The Labute approximate surface area is 167 Å². The average Bonchev–Trinajstić information content (AvgIpc) is 3.10. The van der Waals surface area contributed by atoms with Gasteiger partial charge >= 0.3 is 0 Å². The Morgan fingerprint density at radius 3 is 2.86 bits per heavy atom. The molecule has 2 aromatic rings. The third-order valence-electron chi connectivity index (χ3n) is 4.66. The van der Waals surface area contributed by atoms with Crippen molar-refractivity contribution in [3.63, 3.8) is 0 Å². The molecular weight excluding hydrogens is 397 g/mol. The Bertz CT molecular complexity index is 1170. The van der Waals surface area contributed by atoms with Gasteiger partial charge in [0.1, 0.15) is 23.5 Å². The molecule has 0 saturated carbocycles. The first-order chi connectivity index (χ1) is 13.8. The number of fused-ring (bicyclic) bond motifs is 1. The summed E-state index contributed by atoms with van der Waals surface area (Å²) in [5.41, 5.74) is 0.887. The number of imidazole rings is 1. The van der Waals surface area contributed by atoms with Crippen molar-refractivity contribution >= 4 is 21.8 Å². The van der Waals surface area contributed by atoms with Gasteiger partial charge in [0, 0.05) is 32.2 Å². The minimum absolute atomic E-state index is 0.116. The molecule has 1 N–H and O–H groups in total. The molecule has 0 saturated heterocycles. The van der Waals surface area contributed by atoms with E-state index in [2.05, 4.69) is 14.7 Å². The number of hydrogen-bond donors (Lipinski definition) is 1. The first kappa shape index (κ1) is 19.1. The topological polar surface area (TPSA) is 96.7 Å². The second-order valence-corrected chi connectivity index (χ2v) is 8.46. The summed E-state index contributed by atoms with van der Waals surface area (Å²) in [5, 5.41) is 2.89. The van der Waals surface area contributed by atoms with Crippen molar-refractivity contribution in [1.82, 2.24) is 19.8 Å². The molecule has 29 heavy (non-hydrogen) atoms. The van der Waals surface area contributed by atoms with Crippen LogP contribution in [0.1, 0.15) is 17.4 Å². The van der Waals surface area contributed by atoms with E-state index >= 15 is 0 Å². The van der Waals surface area contributed by atoms with Gasteiger partial charge in [0.05, 0.1) is 11.3 Å². The van der Waals surface area contributed by atoms with Crippen LogP contribution in [0.5, 0.6) is 0 Å². The first-order valence-corrected chi connectivity index (χ1v) is 10.5. The first-order valence-electron chi connectivity index (χ1n) is 8.85. The fraction of sp³-hybridized carbons (Fsp3) is 0.211. The summed E-state index contributed by atoms with van der Waals surface area (Å²) >= 11 is 0. The van der Waals surface area contributed by atoms with Crippen LogP contribution in [-0.2, 0) is 21.9 Å². The van der Waals surface area contributed by atoms with Gasteiger partial charge in [0.25, 0.3) is 15.9 Å². The average molecular weight is 415 g/mol. The number of rotatable bonds is 4. The highest BCUT2D eigenvalue weighted by atomic mass is 32.2. The molecule has 8 nitrogen and oxygen atoms in total. The minimum atomic E-state index is -3.47. The lowest BCUT2D eigenvalue weighted by atomic mass is 10.0. The highest BCUT2D eigenvalue weighted by Gasteiger charge is 2.27. The monoisotopic (exact) mass is 415 g/mol.